The highest BCUT2D eigenvalue weighted by atomic mass is 79.9. The minimum absolute atomic E-state index is 0.0128. The highest BCUT2D eigenvalue weighted by Crippen LogP contribution is 2.20. The summed E-state index contributed by atoms with van der Waals surface area (Å²) in [7, 11) is 0. The number of nitrogens with one attached hydrogen (secondary N) is 1. The Bertz CT molecular complexity index is 544. The predicted octanol–water partition coefficient (Wildman–Crippen LogP) is 2.87. The van der Waals surface area contributed by atoms with Gasteiger partial charge in [-0.3, -0.25) is 9.59 Å². The standard InChI is InChI=1S/C15H19BrN2O2S/c1-10(15(20)18-7-3-2-4-8-18)17-14(19)12-9-11(21)5-6-13(12)16/h5-6,9-10,21H,2-4,7-8H2,1H3,(H,17,19). The molecule has 1 atom stereocenters. The number of carbonyl (C=O) groups excluding carboxylic acids is 2. The van der Waals surface area contributed by atoms with E-state index in [9.17, 15) is 9.59 Å². The van der Waals surface area contributed by atoms with Crippen molar-refractivity contribution in [1.29, 1.82) is 0 Å². The molecule has 1 N–H and O–H groups in total. The smallest absolute Gasteiger partial charge is 0.253 e. The molecule has 0 saturated carbocycles. The molecule has 1 fully saturated rings. The summed E-state index contributed by atoms with van der Waals surface area (Å²) < 4.78 is 0.690. The molecule has 21 heavy (non-hydrogen) atoms. The van der Waals surface area contributed by atoms with Gasteiger partial charge in [-0.05, 0) is 60.3 Å². The summed E-state index contributed by atoms with van der Waals surface area (Å²) >= 11 is 7.58. The average Bonchev–Trinajstić information content (AvgIpc) is 2.49. The van der Waals surface area contributed by atoms with E-state index in [1.54, 1.807) is 25.1 Å². The molecule has 1 unspecified atom stereocenters. The topological polar surface area (TPSA) is 49.4 Å². The van der Waals surface area contributed by atoms with Crippen LogP contribution in [-0.4, -0.2) is 35.8 Å². The van der Waals surface area contributed by atoms with E-state index in [-0.39, 0.29) is 11.8 Å². The van der Waals surface area contributed by atoms with Crippen LogP contribution in [0.3, 0.4) is 0 Å². The molecular formula is C15H19BrN2O2S. The van der Waals surface area contributed by atoms with Gasteiger partial charge in [0.2, 0.25) is 5.91 Å². The van der Waals surface area contributed by atoms with Gasteiger partial charge >= 0.3 is 0 Å². The fourth-order valence-electron chi connectivity index (χ4n) is 2.41. The number of likely N-dealkylation sites (tertiary alicyclic amines) is 1. The number of nitrogens with zero attached hydrogens (tertiary/aromatic N) is 1. The second-order valence-electron chi connectivity index (χ2n) is 5.25. The third kappa shape index (κ3) is 4.23. The molecular weight excluding hydrogens is 352 g/mol. The molecule has 2 amide bonds. The van der Waals surface area contributed by atoms with Gasteiger partial charge in [-0.1, -0.05) is 0 Å². The summed E-state index contributed by atoms with van der Waals surface area (Å²) in [5.74, 6) is -0.281. The molecule has 1 aromatic rings. The molecule has 0 bridgehead atoms. The van der Waals surface area contributed by atoms with Gasteiger partial charge in [0.1, 0.15) is 6.04 Å². The van der Waals surface area contributed by atoms with Crippen molar-refractivity contribution >= 4 is 40.4 Å². The van der Waals surface area contributed by atoms with E-state index < -0.39 is 6.04 Å². The lowest BCUT2D eigenvalue weighted by atomic mass is 10.1. The molecule has 1 saturated heterocycles. The van der Waals surface area contributed by atoms with Crippen LogP contribution in [0.2, 0.25) is 0 Å². The lowest BCUT2D eigenvalue weighted by Gasteiger charge is -2.29. The van der Waals surface area contributed by atoms with Crippen LogP contribution in [0.15, 0.2) is 27.6 Å². The zero-order valence-electron chi connectivity index (χ0n) is 11.9. The van der Waals surface area contributed by atoms with Crippen molar-refractivity contribution in [2.75, 3.05) is 13.1 Å². The summed E-state index contributed by atoms with van der Waals surface area (Å²) in [6, 6.07) is 4.73. The summed E-state index contributed by atoms with van der Waals surface area (Å²) in [5.41, 5.74) is 0.487. The van der Waals surface area contributed by atoms with Gasteiger partial charge < -0.3 is 10.2 Å². The minimum Gasteiger partial charge on any atom is -0.341 e. The first kappa shape index (κ1) is 16.4. The second-order valence-corrected chi connectivity index (χ2v) is 6.62. The first-order chi connectivity index (χ1) is 9.99. The largest absolute Gasteiger partial charge is 0.341 e. The molecule has 4 nitrogen and oxygen atoms in total. The molecule has 2 rings (SSSR count). The highest BCUT2D eigenvalue weighted by molar-refractivity contribution is 9.10. The van der Waals surface area contributed by atoms with Crippen LogP contribution in [0.25, 0.3) is 0 Å². The molecule has 1 aliphatic heterocycles. The van der Waals surface area contributed by atoms with Crippen LogP contribution in [0.1, 0.15) is 36.5 Å². The van der Waals surface area contributed by atoms with Crippen molar-refractivity contribution in [1.82, 2.24) is 10.2 Å². The summed E-state index contributed by atoms with van der Waals surface area (Å²) in [5, 5.41) is 2.77. The van der Waals surface area contributed by atoms with E-state index >= 15 is 0 Å². The number of halogens is 1. The first-order valence-electron chi connectivity index (χ1n) is 7.07. The maximum absolute atomic E-state index is 12.3. The second kappa shape index (κ2) is 7.31. The third-order valence-corrected chi connectivity index (χ3v) is 4.55. The molecule has 1 heterocycles. The number of piperidine rings is 1. The Morgan fingerprint density at radius 2 is 1.95 bits per heavy atom. The van der Waals surface area contributed by atoms with Crippen molar-refractivity contribution in [2.24, 2.45) is 0 Å². The molecule has 114 valence electrons. The SMILES string of the molecule is CC(NC(=O)c1cc(S)ccc1Br)C(=O)N1CCCCC1. The van der Waals surface area contributed by atoms with Gasteiger partial charge in [0, 0.05) is 22.5 Å². The quantitative estimate of drug-likeness (QED) is 0.803. The summed E-state index contributed by atoms with van der Waals surface area (Å²) in [4.78, 5) is 27.1. The Morgan fingerprint density at radius 3 is 2.62 bits per heavy atom. The van der Waals surface area contributed by atoms with Crippen LogP contribution in [-0.2, 0) is 4.79 Å². The summed E-state index contributed by atoms with van der Waals surface area (Å²) in [6.07, 6.45) is 3.26. The van der Waals surface area contributed by atoms with Gasteiger partial charge in [0.15, 0.2) is 0 Å². The first-order valence-corrected chi connectivity index (χ1v) is 8.31. The van der Waals surface area contributed by atoms with Gasteiger partial charge in [0.05, 0.1) is 5.56 Å². The maximum Gasteiger partial charge on any atom is 0.253 e. The van der Waals surface area contributed by atoms with E-state index in [0.717, 1.165) is 25.9 Å². The predicted molar refractivity (Wildman–Crippen MR) is 88.8 cm³/mol. The fraction of sp³-hybridized carbons (Fsp3) is 0.467. The Morgan fingerprint density at radius 1 is 1.29 bits per heavy atom. The van der Waals surface area contributed by atoms with Crippen LogP contribution in [0, 0.1) is 0 Å². The maximum atomic E-state index is 12.3. The van der Waals surface area contributed by atoms with Gasteiger partial charge in [0.25, 0.3) is 5.91 Å². The number of amides is 2. The van der Waals surface area contributed by atoms with Crippen LogP contribution >= 0.6 is 28.6 Å². The Labute approximate surface area is 138 Å². The van der Waals surface area contributed by atoms with Crippen molar-refractivity contribution in [3.8, 4) is 0 Å². The van der Waals surface area contributed by atoms with Crippen LogP contribution < -0.4 is 5.32 Å². The molecule has 0 aromatic heterocycles. The molecule has 1 aromatic carbocycles. The van der Waals surface area contributed by atoms with Gasteiger partial charge in [-0.25, -0.2) is 0 Å². The van der Waals surface area contributed by atoms with Crippen LogP contribution in [0.4, 0.5) is 0 Å². The zero-order valence-corrected chi connectivity index (χ0v) is 14.4. The van der Waals surface area contributed by atoms with E-state index in [2.05, 4.69) is 33.9 Å². The number of hydrogen-bond acceptors (Lipinski definition) is 3. The summed E-state index contributed by atoms with van der Waals surface area (Å²) in [6.45, 7) is 3.30. The molecule has 1 aliphatic rings. The highest BCUT2D eigenvalue weighted by Gasteiger charge is 2.24. The minimum atomic E-state index is -0.522. The molecule has 0 aliphatic carbocycles. The molecule has 0 spiro atoms. The Hall–Kier alpha value is -1.01. The molecule has 0 radical (unpaired) electrons. The Balaban J connectivity index is 2.01. The number of thiol groups is 1. The lowest BCUT2D eigenvalue weighted by molar-refractivity contribution is -0.133. The van der Waals surface area contributed by atoms with Gasteiger partial charge in [-0.2, -0.15) is 0 Å². The van der Waals surface area contributed by atoms with Gasteiger partial charge in [-0.15, -0.1) is 12.6 Å². The van der Waals surface area contributed by atoms with E-state index in [0.29, 0.717) is 14.9 Å². The monoisotopic (exact) mass is 370 g/mol. The third-order valence-electron chi connectivity index (χ3n) is 3.58. The molecule has 6 heteroatoms. The average molecular weight is 371 g/mol. The zero-order chi connectivity index (χ0) is 15.4. The number of hydrogen-bond donors (Lipinski definition) is 2. The number of benzene rings is 1. The Kier molecular flexibility index (Phi) is 5.70. The normalized spacial score (nSPS) is 16.4. The van der Waals surface area contributed by atoms with Crippen molar-refractivity contribution < 1.29 is 9.59 Å². The van der Waals surface area contributed by atoms with Crippen LogP contribution in [0.5, 0.6) is 0 Å². The van der Waals surface area contributed by atoms with E-state index in [1.165, 1.54) is 6.42 Å². The van der Waals surface area contributed by atoms with E-state index in [1.807, 2.05) is 4.90 Å². The van der Waals surface area contributed by atoms with Crippen molar-refractivity contribution in [2.45, 2.75) is 37.1 Å². The van der Waals surface area contributed by atoms with E-state index in [4.69, 9.17) is 0 Å². The lowest BCUT2D eigenvalue weighted by Crippen LogP contribution is -2.48. The van der Waals surface area contributed by atoms with Crippen molar-refractivity contribution in [3.63, 3.8) is 0 Å². The number of rotatable bonds is 3. The fourth-order valence-corrected chi connectivity index (χ4v) is 3.04. The number of carbonyl (C=O) groups is 2. The van der Waals surface area contributed by atoms with Crippen molar-refractivity contribution in [3.05, 3.63) is 28.2 Å².